The van der Waals surface area contributed by atoms with Gasteiger partial charge in [-0.05, 0) is 49.2 Å². The third kappa shape index (κ3) is 2.54. The van der Waals surface area contributed by atoms with Crippen LogP contribution in [0.3, 0.4) is 0 Å². The maximum absolute atomic E-state index is 12.2. The van der Waals surface area contributed by atoms with Gasteiger partial charge in [0.05, 0.1) is 12.1 Å². The van der Waals surface area contributed by atoms with Gasteiger partial charge in [-0.2, -0.15) is 0 Å². The molecule has 1 aliphatic rings. The maximum atomic E-state index is 12.2. The number of aromatic nitrogens is 4. The SMILES string of the molecule is Cc1ccc(C(=O)N[C@H](C)c2nnnn2C2CC2)cc1. The summed E-state index contributed by atoms with van der Waals surface area (Å²) in [6.07, 6.45) is 2.22. The Morgan fingerprint density at radius 3 is 2.70 bits per heavy atom. The van der Waals surface area contributed by atoms with Gasteiger partial charge < -0.3 is 5.32 Å². The first-order valence-corrected chi connectivity index (χ1v) is 6.80. The standard InChI is InChI=1S/C14H17N5O/c1-9-3-5-11(6-4-9)14(20)15-10(2)13-16-17-18-19(13)12-7-8-12/h3-6,10,12H,7-8H2,1-2H3,(H,15,20)/t10-/m1/s1. The Kier molecular flexibility index (Phi) is 3.22. The summed E-state index contributed by atoms with van der Waals surface area (Å²) in [5.41, 5.74) is 1.78. The molecular weight excluding hydrogens is 254 g/mol. The number of nitrogens with one attached hydrogen (secondary N) is 1. The van der Waals surface area contributed by atoms with Crippen LogP contribution in [0.5, 0.6) is 0 Å². The van der Waals surface area contributed by atoms with Gasteiger partial charge in [0.2, 0.25) is 0 Å². The van der Waals surface area contributed by atoms with Gasteiger partial charge >= 0.3 is 0 Å². The molecule has 6 nitrogen and oxygen atoms in total. The van der Waals surface area contributed by atoms with Gasteiger partial charge in [-0.25, -0.2) is 4.68 Å². The smallest absolute Gasteiger partial charge is 0.251 e. The highest BCUT2D eigenvalue weighted by molar-refractivity contribution is 5.94. The monoisotopic (exact) mass is 271 g/mol. The van der Waals surface area contributed by atoms with Crippen molar-refractivity contribution in [1.82, 2.24) is 25.5 Å². The van der Waals surface area contributed by atoms with Crippen molar-refractivity contribution in [2.24, 2.45) is 0 Å². The minimum absolute atomic E-state index is 0.108. The van der Waals surface area contributed by atoms with Gasteiger partial charge in [0, 0.05) is 5.56 Å². The third-order valence-electron chi connectivity index (χ3n) is 3.46. The first kappa shape index (κ1) is 12.8. The summed E-state index contributed by atoms with van der Waals surface area (Å²) in [5.74, 6) is 0.607. The molecule has 104 valence electrons. The first-order chi connectivity index (χ1) is 9.65. The molecule has 0 aliphatic heterocycles. The van der Waals surface area contributed by atoms with E-state index < -0.39 is 0 Å². The molecule has 20 heavy (non-hydrogen) atoms. The lowest BCUT2D eigenvalue weighted by Crippen LogP contribution is -2.28. The number of nitrogens with zero attached hydrogens (tertiary/aromatic N) is 4. The number of hydrogen-bond donors (Lipinski definition) is 1. The highest BCUT2D eigenvalue weighted by atomic mass is 16.1. The van der Waals surface area contributed by atoms with E-state index in [2.05, 4.69) is 20.8 Å². The molecule has 1 fully saturated rings. The highest BCUT2D eigenvalue weighted by Crippen LogP contribution is 2.35. The fraction of sp³-hybridized carbons (Fsp3) is 0.429. The fourth-order valence-corrected chi connectivity index (χ4v) is 2.11. The molecule has 0 unspecified atom stereocenters. The summed E-state index contributed by atoms with van der Waals surface area (Å²) < 4.78 is 1.82. The quantitative estimate of drug-likeness (QED) is 0.920. The molecule has 1 saturated carbocycles. The molecule has 0 spiro atoms. The van der Waals surface area contributed by atoms with Gasteiger partial charge in [0.15, 0.2) is 5.82 Å². The van der Waals surface area contributed by atoms with Crippen LogP contribution in [0.15, 0.2) is 24.3 Å². The molecule has 6 heteroatoms. The zero-order valence-corrected chi connectivity index (χ0v) is 11.6. The second-order valence-corrected chi connectivity index (χ2v) is 5.27. The molecule has 1 aliphatic carbocycles. The molecule has 3 rings (SSSR count). The molecule has 0 saturated heterocycles. The maximum Gasteiger partial charge on any atom is 0.251 e. The number of benzene rings is 1. The lowest BCUT2D eigenvalue weighted by Gasteiger charge is -2.13. The second kappa shape index (κ2) is 5.03. The highest BCUT2D eigenvalue weighted by Gasteiger charge is 2.29. The van der Waals surface area contributed by atoms with Crippen LogP contribution in [0, 0.1) is 6.92 Å². The van der Waals surface area contributed by atoms with E-state index in [1.807, 2.05) is 42.8 Å². The molecule has 1 aromatic heterocycles. The van der Waals surface area contributed by atoms with Gasteiger partial charge in [-0.15, -0.1) is 5.10 Å². The third-order valence-corrected chi connectivity index (χ3v) is 3.46. The molecule has 1 N–H and O–H groups in total. The van der Waals surface area contributed by atoms with E-state index in [1.54, 1.807) is 0 Å². The number of amides is 1. The van der Waals surface area contributed by atoms with E-state index in [-0.39, 0.29) is 11.9 Å². The Morgan fingerprint density at radius 1 is 1.35 bits per heavy atom. The van der Waals surface area contributed by atoms with E-state index in [1.165, 1.54) is 0 Å². The predicted molar refractivity (Wildman–Crippen MR) is 73.1 cm³/mol. The molecule has 2 aromatic rings. The van der Waals surface area contributed by atoms with Crippen molar-refractivity contribution in [3.8, 4) is 0 Å². The van der Waals surface area contributed by atoms with Gasteiger partial charge in [0.1, 0.15) is 0 Å². The van der Waals surface area contributed by atoms with Crippen LogP contribution in [-0.2, 0) is 0 Å². The molecular formula is C14H17N5O. The van der Waals surface area contributed by atoms with Crippen molar-refractivity contribution in [2.45, 2.75) is 38.8 Å². The van der Waals surface area contributed by atoms with Crippen molar-refractivity contribution in [2.75, 3.05) is 0 Å². The van der Waals surface area contributed by atoms with E-state index in [0.717, 1.165) is 18.4 Å². The average Bonchev–Trinajstić information content (AvgIpc) is 3.16. The van der Waals surface area contributed by atoms with Gasteiger partial charge in [0.25, 0.3) is 5.91 Å². The number of carbonyl (C=O) groups is 1. The Morgan fingerprint density at radius 2 is 2.05 bits per heavy atom. The van der Waals surface area contributed by atoms with Crippen LogP contribution >= 0.6 is 0 Å². The summed E-state index contributed by atoms with van der Waals surface area (Å²) in [6.45, 7) is 3.89. The fourth-order valence-electron chi connectivity index (χ4n) is 2.11. The van der Waals surface area contributed by atoms with Crippen molar-refractivity contribution >= 4 is 5.91 Å². The van der Waals surface area contributed by atoms with Crippen LogP contribution in [0.2, 0.25) is 0 Å². The van der Waals surface area contributed by atoms with Crippen molar-refractivity contribution < 1.29 is 4.79 Å². The Labute approximate surface area is 117 Å². The van der Waals surface area contributed by atoms with Gasteiger partial charge in [-0.1, -0.05) is 17.7 Å². The van der Waals surface area contributed by atoms with Crippen LogP contribution in [0.1, 0.15) is 53.6 Å². The minimum Gasteiger partial charge on any atom is -0.342 e. The zero-order valence-electron chi connectivity index (χ0n) is 11.6. The van der Waals surface area contributed by atoms with E-state index in [0.29, 0.717) is 17.4 Å². The largest absolute Gasteiger partial charge is 0.342 e. The predicted octanol–water partition coefficient (Wildman–Crippen LogP) is 1.81. The minimum atomic E-state index is -0.209. The van der Waals surface area contributed by atoms with Crippen LogP contribution in [0.25, 0.3) is 0 Å². The summed E-state index contributed by atoms with van der Waals surface area (Å²) in [5, 5.41) is 14.7. The summed E-state index contributed by atoms with van der Waals surface area (Å²) in [7, 11) is 0. The number of carbonyl (C=O) groups excluding carboxylic acids is 1. The van der Waals surface area contributed by atoms with Crippen molar-refractivity contribution in [3.63, 3.8) is 0 Å². The molecule has 1 aromatic carbocycles. The number of hydrogen-bond acceptors (Lipinski definition) is 4. The lowest BCUT2D eigenvalue weighted by atomic mass is 10.1. The second-order valence-electron chi connectivity index (χ2n) is 5.27. The molecule has 0 bridgehead atoms. The Hall–Kier alpha value is -2.24. The van der Waals surface area contributed by atoms with E-state index in [4.69, 9.17) is 0 Å². The molecule has 1 heterocycles. The zero-order chi connectivity index (χ0) is 14.1. The number of aryl methyl sites for hydroxylation is 1. The molecule has 1 amide bonds. The van der Waals surface area contributed by atoms with Crippen LogP contribution in [-0.4, -0.2) is 26.1 Å². The summed E-state index contributed by atoms with van der Waals surface area (Å²) in [4.78, 5) is 12.2. The van der Waals surface area contributed by atoms with E-state index >= 15 is 0 Å². The van der Waals surface area contributed by atoms with Crippen molar-refractivity contribution in [3.05, 3.63) is 41.2 Å². The Balaban J connectivity index is 1.71. The van der Waals surface area contributed by atoms with Gasteiger partial charge in [-0.3, -0.25) is 4.79 Å². The lowest BCUT2D eigenvalue weighted by molar-refractivity contribution is 0.0937. The number of tetrazole rings is 1. The Bertz CT molecular complexity index is 615. The molecule has 0 radical (unpaired) electrons. The first-order valence-electron chi connectivity index (χ1n) is 6.80. The van der Waals surface area contributed by atoms with Crippen LogP contribution in [0.4, 0.5) is 0 Å². The normalized spacial score (nSPS) is 15.9. The summed E-state index contributed by atoms with van der Waals surface area (Å²) >= 11 is 0. The number of rotatable bonds is 4. The van der Waals surface area contributed by atoms with Crippen molar-refractivity contribution in [1.29, 1.82) is 0 Å². The topological polar surface area (TPSA) is 72.7 Å². The van der Waals surface area contributed by atoms with Crippen LogP contribution < -0.4 is 5.32 Å². The van der Waals surface area contributed by atoms with E-state index in [9.17, 15) is 4.79 Å². The molecule has 1 atom stereocenters. The summed E-state index contributed by atoms with van der Waals surface area (Å²) in [6, 6.07) is 7.68. The average molecular weight is 271 g/mol.